The standard InChI is InChI=1S/C29H25F3N2O4/c1-37-20-12-10-17(11-13-20)19-15-23-26(25(35)16-19)27(18-6-5-7-21(14-18)38-2)34(28(36)29(30,31)32)24-9-4-3-8-22(24)33-23/h3-14,19,27,33H,15-16H2,1-2H3/t19-,27-/m0/s1. The lowest BCUT2D eigenvalue weighted by atomic mass is 9.78. The van der Waals surface area contributed by atoms with Gasteiger partial charge in [0.15, 0.2) is 5.78 Å². The van der Waals surface area contributed by atoms with Crippen molar-refractivity contribution in [3.8, 4) is 11.5 Å². The van der Waals surface area contributed by atoms with E-state index >= 15 is 0 Å². The van der Waals surface area contributed by atoms with Crippen molar-refractivity contribution >= 4 is 23.1 Å². The first-order valence-corrected chi connectivity index (χ1v) is 12.0. The summed E-state index contributed by atoms with van der Waals surface area (Å²) >= 11 is 0. The quantitative estimate of drug-likeness (QED) is 0.444. The van der Waals surface area contributed by atoms with E-state index in [0.717, 1.165) is 5.56 Å². The van der Waals surface area contributed by atoms with Gasteiger partial charge < -0.3 is 14.8 Å². The lowest BCUT2D eigenvalue weighted by molar-refractivity contribution is -0.170. The third-order valence-corrected chi connectivity index (χ3v) is 6.95. The highest BCUT2D eigenvalue weighted by Crippen LogP contribution is 2.48. The molecule has 3 aromatic carbocycles. The Bertz CT molecular complexity index is 1420. The number of benzene rings is 3. The second-order valence-electron chi connectivity index (χ2n) is 9.19. The fourth-order valence-electron chi connectivity index (χ4n) is 5.19. The number of nitrogens with one attached hydrogen (secondary N) is 1. The highest BCUT2D eigenvalue weighted by molar-refractivity contribution is 6.07. The summed E-state index contributed by atoms with van der Waals surface area (Å²) in [5.74, 6) is -1.52. The lowest BCUT2D eigenvalue weighted by Gasteiger charge is -2.35. The van der Waals surface area contributed by atoms with Crippen LogP contribution in [-0.4, -0.2) is 32.1 Å². The predicted molar refractivity (Wildman–Crippen MR) is 136 cm³/mol. The summed E-state index contributed by atoms with van der Waals surface area (Å²) in [6, 6.07) is 18.8. The average molecular weight is 523 g/mol. The highest BCUT2D eigenvalue weighted by Gasteiger charge is 2.50. The number of hydrogen-bond donors (Lipinski definition) is 1. The molecule has 6 nitrogen and oxygen atoms in total. The van der Waals surface area contributed by atoms with Gasteiger partial charge in [-0.25, -0.2) is 0 Å². The first-order valence-electron chi connectivity index (χ1n) is 12.0. The van der Waals surface area contributed by atoms with Gasteiger partial charge in [0.05, 0.1) is 31.6 Å². The van der Waals surface area contributed by atoms with E-state index in [0.29, 0.717) is 39.8 Å². The van der Waals surface area contributed by atoms with Crippen LogP contribution in [0.15, 0.2) is 84.1 Å². The summed E-state index contributed by atoms with van der Waals surface area (Å²) in [5.41, 5.74) is 2.21. The number of rotatable bonds is 4. The van der Waals surface area contributed by atoms with Crippen LogP contribution in [0.5, 0.6) is 11.5 Å². The number of halogens is 3. The normalized spacial score (nSPS) is 19.2. The monoisotopic (exact) mass is 522 g/mol. The van der Waals surface area contributed by atoms with Crippen LogP contribution < -0.4 is 19.7 Å². The average Bonchev–Trinajstić information content (AvgIpc) is 3.06. The van der Waals surface area contributed by atoms with Crippen molar-refractivity contribution in [2.24, 2.45) is 0 Å². The van der Waals surface area contributed by atoms with E-state index in [4.69, 9.17) is 9.47 Å². The zero-order chi connectivity index (χ0) is 27.0. The summed E-state index contributed by atoms with van der Waals surface area (Å²) in [6.45, 7) is 0. The maximum absolute atomic E-state index is 14.0. The smallest absolute Gasteiger partial charge is 0.471 e. The predicted octanol–water partition coefficient (Wildman–Crippen LogP) is 6.17. The number of ether oxygens (including phenoxy) is 2. The maximum Gasteiger partial charge on any atom is 0.471 e. The van der Waals surface area contributed by atoms with Crippen LogP contribution in [0.4, 0.5) is 24.5 Å². The number of para-hydroxylation sites is 2. The molecule has 1 aliphatic heterocycles. The summed E-state index contributed by atoms with van der Waals surface area (Å²) in [4.78, 5) is 27.5. The van der Waals surface area contributed by atoms with E-state index in [9.17, 15) is 22.8 Å². The van der Waals surface area contributed by atoms with E-state index in [2.05, 4.69) is 5.32 Å². The molecule has 1 amide bonds. The Labute approximate surface area is 217 Å². The molecule has 0 radical (unpaired) electrons. The Morgan fingerprint density at radius 3 is 2.29 bits per heavy atom. The number of anilines is 2. The van der Waals surface area contributed by atoms with E-state index < -0.39 is 18.1 Å². The minimum Gasteiger partial charge on any atom is -0.497 e. The van der Waals surface area contributed by atoms with Gasteiger partial charge in [-0.3, -0.25) is 14.5 Å². The Kier molecular flexibility index (Phi) is 6.60. The van der Waals surface area contributed by atoms with Gasteiger partial charge in [0.2, 0.25) is 0 Å². The lowest BCUT2D eigenvalue weighted by Crippen LogP contribution is -2.45. The third-order valence-electron chi connectivity index (χ3n) is 6.95. The maximum atomic E-state index is 14.0. The number of carbonyl (C=O) groups excluding carboxylic acids is 2. The number of hydrogen-bond acceptors (Lipinski definition) is 5. The van der Waals surface area contributed by atoms with Crippen LogP contribution in [0, 0.1) is 0 Å². The SMILES string of the molecule is COc1ccc([C@@H]2CC(=O)C3=C(C2)Nc2ccccc2N(C(=O)C(F)(F)F)[C@H]3c2cccc(OC)c2)cc1. The summed E-state index contributed by atoms with van der Waals surface area (Å²) in [6.07, 6.45) is -4.72. The van der Waals surface area contributed by atoms with E-state index in [1.165, 1.54) is 13.2 Å². The summed E-state index contributed by atoms with van der Waals surface area (Å²) < 4.78 is 52.6. The van der Waals surface area contributed by atoms with Crippen LogP contribution in [0.3, 0.4) is 0 Å². The minimum absolute atomic E-state index is 0.0332. The van der Waals surface area contributed by atoms with Gasteiger partial charge in [-0.15, -0.1) is 0 Å². The second kappa shape index (κ2) is 9.89. The van der Waals surface area contributed by atoms with Crippen LogP contribution in [0.1, 0.15) is 35.9 Å². The number of allylic oxidation sites excluding steroid dienone is 1. The van der Waals surface area contributed by atoms with Crippen LogP contribution in [0.2, 0.25) is 0 Å². The van der Waals surface area contributed by atoms with Crippen molar-refractivity contribution < 1.29 is 32.2 Å². The number of nitrogens with zero attached hydrogens (tertiary/aromatic N) is 1. The molecule has 2 aliphatic rings. The number of ketones is 1. The zero-order valence-corrected chi connectivity index (χ0v) is 20.7. The molecule has 1 aliphatic carbocycles. The largest absolute Gasteiger partial charge is 0.497 e. The number of amides is 1. The van der Waals surface area contributed by atoms with Gasteiger partial charge >= 0.3 is 12.1 Å². The molecule has 196 valence electrons. The van der Waals surface area contributed by atoms with Gasteiger partial charge in [0.25, 0.3) is 0 Å². The molecule has 3 aromatic rings. The van der Waals surface area contributed by atoms with Crippen molar-refractivity contribution in [2.75, 3.05) is 24.4 Å². The number of methoxy groups -OCH3 is 2. The molecule has 0 saturated carbocycles. The van der Waals surface area contributed by atoms with E-state index in [1.54, 1.807) is 49.6 Å². The molecule has 2 atom stereocenters. The van der Waals surface area contributed by atoms with Crippen molar-refractivity contribution in [1.82, 2.24) is 0 Å². The molecule has 0 aromatic heterocycles. The van der Waals surface area contributed by atoms with Crippen LogP contribution in [0.25, 0.3) is 0 Å². The van der Waals surface area contributed by atoms with Gasteiger partial charge in [0, 0.05) is 17.7 Å². The van der Waals surface area contributed by atoms with Crippen molar-refractivity contribution in [3.05, 3.63) is 95.2 Å². The minimum atomic E-state index is -5.17. The molecular formula is C29H25F3N2O4. The molecule has 5 rings (SSSR count). The first-order chi connectivity index (χ1) is 18.2. The van der Waals surface area contributed by atoms with Crippen molar-refractivity contribution in [1.29, 1.82) is 0 Å². The Morgan fingerprint density at radius 1 is 0.895 bits per heavy atom. The molecule has 0 unspecified atom stereocenters. The van der Waals surface area contributed by atoms with E-state index in [1.807, 2.05) is 24.3 Å². The number of Topliss-reactive ketones (excluding diaryl/α,β-unsaturated/α-hetero) is 1. The molecule has 0 saturated heterocycles. The van der Waals surface area contributed by atoms with Gasteiger partial charge in [-0.2, -0.15) is 13.2 Å². The molecule has 9 heteroatoms. The Morgan fingerprint density at radius 2 is 1.61 bits per heavy atom. The molecule has 0 spiro atoms. The zero-order valence-electron chi connectivity index (χ0n) is 20.7. The van der Waals surface area contributed by atoms with Crippen LogP contribution >= 0.6 is 0 Å². The highest BCUT2D eigenvalue weighted by atomic mass is 19.4. The number of carbonyl (C=O) groups is 2. The molecule has 38 heavy (non-hydrogen) atoms. The Hall–Kier alpha value is -4.27. The number of alkyl halides is 3. The molecule has 1 N–H and O–H groups in total. The second-order valence-corrected chi connectivity index (χ2v) is 9.19. The number of fused-ring (bicyclic) bond motifs is 1. The van der Waals surface area contributed by atoms with Crippen molar-refractivity contribution in [2.45, 2.75) is 31.0 Å². The molecule has 0 bridgehead atoms. The molecular weight excluding hydrogens is 497 g/mol. The molecule has 1 heterocycles. The van der Waals surface area contributed by atoms with Crippen LogP contribution in [-0.2, 0) is 9.59 Å². The van der Waals surface area contributed by atoms with Gasteiger partial charge in [-0.1, -0.05) is 36.4 Å². The van der Waals surface area contributed by atoms with E-state index in [-0.39, 0.29) is 29.4 Å². The van der Waals surface area contributed by atoms with Gasteiger partial charge in [0.1, 0.15) is 11.5 Å². The van der Waals surface area contributed by atoms with Crippen molar-refractivity contribution in [3.63, 3.8) is 0 Å². The fourth-order valence-corrected chi connectivity index (χ4v) is 5.19. The summed E-state index contributed by atoms with van der Waals surface area (Å²) in [7, 11) is 3.01. The fraction of sp³-hybridized carbons (Fsp3) is 0.241. The topological polar surface area (TPSA) is 67.9 Å². The Balaban J connectivity index is 1.71. The third kappa shape index (κ3) is 4.60. The van der Waals surface area contributed by atoms with Gasteiger partial charge in [-0.05, 0) is 59.9 Å². The first kappa shape index (κ1) is 25.4. The molecule has 0 fully saturated rings. The summed E-state index contributed by atoms with van der Waals surface area (Å²) in [5, 5.41) is 3.22.